The van der Waals surface area contributed by atoms with Crippen LogP contribution in [0.5, 0.6) is 0 Å². The summed E-state index contributed by atoms with van der Waals surface area (Å²) >= 11 is 6.27. The van der Waals surface area contributed by atoms with Crippen molar-refractivity contribution in [3.05, 3.63) is 16.9 Å². The van der Waals surface area contributed by atoms with Crippen molar-refractivity contribution in [3.63, 3.8) is 0 Å². The van der Waals surface area contributed by atoms with E-state index < -0.39 is 0 Å². The van der Waals surface area contributed by atoms with Gasteiger partial charge in [0, 0.05) is 6.54 Å². The molecule has 3 N–H and O–H groups in total. The predicted octanol–water partition coefficient (Wildman–Crippen LogP) is 2.89. The molecule has 102 valence electrons. The van der Waals surface area contributed by atoms with Crippen molar-refractivity contribution in [1.82, 2.24) is 15.2 Å². The second-order valence-corrected chi connectivity index (χ2v) is 5.77. The molecule has 0 saturated heterocycles. The molecule has 0 aliphatic heterocycles. The highest BCUT2D eigenvalue weighted by atomic mass is 35.5. The molecule has 1 aliphatic carbocycles. The molecule has 1 heterocycles. The normalized spacial score (nSPS) is 26.2. The smallest absolute Gasteiger partial charge is 0.0834 e. The molecule has 1 unspecified atom stereocenters. The lowest BCUT2D eigenvalue weighted by molar-refractivity contribution is 0.225. The fourth-order valence-electron chi connectivity index (χ4n) is 2.99. The predicted molar refractivity (Wildman–Crippen MR) is 74.1 cm³/mol. The Balaban J connectivity index is 2.19. The summed E-state index contributed by atoms with van der Waals surface area (Å²) in [5.74, 6) is 7.17. The van der Waals surface area contributed by atoms with Gasteiger partial charge in [-0.15, -0.1) is 0 Å². The summed E-state index contributed by atoms with van der Waals surface area (Å²) in [6.07, 6.45) is 6.69. The molecule has 1 aromatic heterocycles. The van der Waals surface area contributed by atoms with Crippen molar-refractivity contribution in [2.45, 2.75) is 52.1 Å². The van der Waals surface area contributed by atoms with Crippen LogP contribution in [0.25, 0.3) is 0 Å². The third kappa shape index (κ3) is 2.71. The van der Waals surface area contributed by atoms with E-state index in [1.807, 2.05) is 4.68 Å². The van der Waals surface area contributed by atoms with Crippen LogP contribution < -0.4 is 11.3 Å². The number of nitrogens with one attached hydrogen (secondary N) is 1. The molecule has 0 aromatic carbocycles. The second-order valence-electron chi connectivity index (χ2n) is 5.36. The molecule has 1 aromatic rings. The van der Waals surface area contributed by atoms with Gasteiger partial charge < -0.3 is 0 Å². The number of nitrogens with two attached hydrogens (primary N) is 1. The Morgan fingerprint density at radius 1 is 1.50 bits per heavy atom. The van der Waals surface area contributed by atoms with Crippen molar-refractivity contribution < 1.29 is 0 Å². The van der Waals surface area contributed by atoms with Crippen molar-refractivity contribution >= 4 is 11.6 Å². The van der Waals surface area contributed by atoms with E-state index in [0.29, 0.717) is 5.92 Å². The zero-order valence-corrected chi connectivity index (χ0v) is 12.0. The summed E-state index contributed by atoms with van der Waals surface area (Å²) in [7, 11) is 0. The maximum Gasteiger partial charge on any atom is 0.0834 e. The average molecular weight is 271 g/mol. The Morgan fingerprint density at radius 3 is 2.72 bits per heavy atom. The van der Waals surface area contributed by atoms with Gasteiger partial charge in [0.25, 0.3) is 0 Å². The Labute approximate surface area is 114 Å². The summed E-state index contributed by atoms with van der Waals surface area (Å²) in [6, 6.07) is 0.118. The van der Waals surface area contributed by atoms with Gasteiger partial charge in [-0.2, -0.15) is 5.10 Å². The molecule has 0 radical (unpaired) electrons. The first-order valence-corrected chi connectivity index (χ1v) is 7.22. The monoisotopic (exact) mass is 270 g/mol. The van der Waals surface area contributed by atoms with Gasteiger partial charge in [0.1, 0.15) is 0 Å². The Kier molecular flexibility index (Phi) is 4.65. The summed E-state index contributed by atoms with van der Waals surface area (Å²) in [5.41, 5.74) is 4.00. The SMILES string of the molecule is CCn1ncc(Cl)c1C(NN)C1CCC(C)CC1. The molecule has 18 heavy (non-hydrogen) atoms. The minimum absolute atomic E-state index is 0.118. The Morgan fingerprint density at radius 2 is 2.17 bits per heavy atom. The molecule has 0 spiro atoms. The highest BCUT2D eigenvalue weighted by Crippen LogP contribution is 2.38. The number of hydrogen-bond donors (Lipinski definition) is 2. The standard InChI is InChI=1S/C13H23ClN4/c1-3-18-13(11(14)8-16-18)12(17-15)10-6-4-9(2)5-7-10/h8-10,12,17H,3-7,15H2,1-2H3. The van der Waals surface area contributed by atoms with E-state index in [1.165, 1.54) is 25.7 Å². The van der Waals surface area contributed by atoms with E-state index in [0.717, 1.165) is 23.2 Å². The van der Waals surface area contributed by atoms with E-state index in [2.05, 4.69) is 24.4 Å². The van der Waals surface area contributed by atoms with Crippen LogP contribution in [0, 0.1) is 11.8 Å². The number of hydrazine groups is 1. The molecule has 5 heteroatoms. The van der Waals surface area contributed by atoms with Gasteiger partial charge in [-0.25, -0.2) is 0 Å². The Hall–Kier alpha value is -0.580. The van der Waals surface area contributed by atoms with E-state index >= 15 is 0 Å². The van der Waals surface area contributed by atoms with E-state index in [4.69, 9.17) is 17.4 Å². The maximum atomic E-state index is 6.27. The van der Waals surface area contributed by atoms with Crippen molar-refractivity contribution in [2.24, 2.45) is 17.7 Å². The zero-order valence-electron chi connectivity index (χ0n) is 11.2. The minimum atomic E-state index is 0.118. The number of hydrogen-bond acceptors (Lipinski definition) is 3. The number of aryl methyl sites for hydroxylation is 1. The topological polar surface area (TPSA) is 55.9 Å². The molecular weight excluding hydrogens is 248 g/mol. The van der Waals surface area contributed by atoms with Gasteiger partial charge >= 0.3 is 0 Å². The molecule has 1 fully saturated rings. The first kappa shape index (κ1) is 13.8. The van der Waals surface area contributed by atoms with Gasteiger partial charge in [0.2, 0.25) is 0 Å². The lowest BCUT2D eigenvalue weighted by Crippen LogP contribution is -2.36. The molecule has 4 nitrogen and oxygen atoms in total. The lowest BCUT2D eigenvalue weighted by Gasteiger charge is -2.32. The molecule has 1 aliphatic rings. The van der Waals surface area contributed by atoms with E-state index in [1.54, 1.807) is 6.20 Å². The van der Waals surface area contributed by atoms with E-state index in [-0.39, 0.29) is 6.04 Å². The van der Waals surface area contributed by atoms with Crippen LogP contribution in [0.1, 0.15) is 51.3 Å². The van der Waals surface area contributed by atoms with Gasteiger partial charge in [0.15, 0.2) is 0 Å². The van der Waals surface area contributed by atoms with Crippen LogP contribution in [-0.2, 0) is 6.54 Å². The summed E-state index contributed by atoms with van der Waals surface area (Å²) < 4.78 is 1.95. The first-order chi connectivity index (χ1) is 8.67. The largest absolute Gasteiger partial charge is 0.271 e. The summed E-state index contributed by atoms with van der Waals surface area (Å²) in [5, 5.41) is 5.02. The van der Waals surface area contributed by atoms with Crippen LogP contribution in [0.4, 0.5) is 0 Å². The summed E-state index contributed by atoms with van der Waals surface area (Å²) in [4.78, 5) is 0. The van der Waals surface area contributed by atoms with Crippen LogP contribution in [0.3, 0.4) is 0 Å². The quantitative estimate of drug-likeness (QED) is 0.653. The van der Waals surface area contributed by atoms with Crippen LogP contribution >= 0.6 is 11.6 Å². The summed E-state index contributed by atoms with van der Waals surface area (Å²) in [6.45, 7) is 5.22. The van der Waals surface area contributed by atoms with Gasteiger partial charge in [-0.3, -0.25) is 16.0 Å². The van der Waals surface area contributed by atoms with Crippen LogP contribution in [0.2, 0.25) is 5.02 Å². The molecule has 2 rings (SSSR count). The van der Waals surface area contributed by atoms with Crippen molar-refractivity contribution in [2.75, 3.05) is 0 Å². The van der Waals surface area contributed by atoms with Crippen molar-refractivity contribution in [3.8, 4) is 0 Å². The second kappa shape index (κ2) is 6.04. The van der Waals surface area contributed by atoms with Crippen LogP contribution in [0.15, 0.2) is 6.20 Å². The van der Waals surface area contributed by atoms with Gasteiger partial charge in [0.05, 0.1) is 23.0 Å². The van der Waals surface area contributed by atoms with Crippen molar-refractivity contribution in [1.29, 1.82) is 0 Å². The highest BCUT2D eigenvalue weighted by Gasteiger charge is 2.30. The number of nitrogens with zero attached hydrogens (tertiary/aromatic N) is 2. The number of aromatic nitrogens is 2. The van der Waals surface area contributed by atoms with Gasteiger partial charge in [-0.05, 0) is 31.6 Å². The fourth-order valence-corrected chi connectivity index (χ4v) is 3.25. The zero-order chi connectivity index (χ0) is 13.1. The first-order valence-electron chi connectivity index (χ1n) is 6.84. The molecule has 0 bridgehead atoms. The Bertz CT molecular complexity index is 382. The van der Waals surface area contributed by atoms with E-state index in [9.17, 15) is 0 Å². The third-order valence-corrected chi connectivity index (χ3v) is 4.43. The number of rotatable bonds is 4. The van der Waals surface area contributed by atoms with Crippen LogP contribution in [-0.4, -0.2) is 9.78 Å². The molecule has 1 saturated carbocycles. The molecule has 1 atom stereocenters. The van der Waals surface area contributed by atoms with Gasteiger partial charge in [-0.1, -0.05) is 31.4 Å². The third-order valence-electron chi connectivity index (χ3n) is 4.14. The minimum Gasteiger partial charge on any atom is -0.271 e. The molecule has 0 amide bonds. The number of halogens is 1. The molecular formula is C13H23ClN4. The maximum absolute atomic E-state index is 6.27. The fraction of sp³-hybridized carbons (Fsp3) is 0.769. The average Bonchev–Trinajstić information content (AvgIpc) is 2.74. The highest BCUT2D eigenvalue weighted by molar-refractivity contribution is 6.31. The lowest BCUT2D eigenvalue weighted by atomic mass is 9.78.